The van der Waals surface area contributed by atoms with Crippen molar-refractivity contribution < 1.29 is 0 Å². The highest BCUT2D eigenvalue weighted by Gasteiger charge is 2.06. The predicted octanol–water partition coefficient (Wildman–Crippen LogP) is 3.61. The zero-order valence-corrected chi connectivity index (χ0v) is 8.89. The molecule has 0 saturated heterocycles. The van der Waals surface area contributed by atoms with Gasteiger partial charge < -0.3 is 4.98 Å². The van der Waals surface area contributed by atoms with Crippen molar-refractivity contribution in [3.05, 3.63) is 47.3 Å². The van der Waals surface area contributed by atoms with Crippen molar-refractivity contribution >= 4 is 0 Å². The van der Waals surface area contributed by atoms with Gasteiger partial charge in [0.05, 0.1) is 0 Å². The van der Waals surface area contributed by atoms with Crippen LogP contribution in [0.4, 0.5) is 0 Å². The maximum absolute atomic E-state index is 3.21. The third-order valence-corrected chi connectivity index (χ3v) is 2.85. The summed E-state index contributed by atoms with van der Waals surface area (Å²) >= 11 is 0. The molecule has 0 bridgehead atoms. The van der Waals surface area contributed by atoms with Gasteiger partial charge in [-0.3, -0.25) is 0 Å². The lowest BCUT2D eigenvalue weighted by molar-refractivity contribution is 1.26. The van der Waals surface area contributed by atoms with E-state index in [0.717, 1.165) is 0 Å². The van der Waals surface area contributed by atoms with Crippen molar-refractivity contribution in [1.82, 2.24) is 4.98 Å². The number of aromatic nitrogens is 1. The molecule has 0 atom stereocenters. The highest BCUT2D eigenvalue weighted by atomic mass is 14.7. The number of hydrogen-bond donors (Lipinski definition) is 1. The van der Waals surface area contributed by atoms with Crippen LogP contribution in [0.3, 0.4) is 0 Å². The average Bonchev–Trinajstić information content (AvgIpc) is 2.57. The maximum atomic E-state index is 3.21. The summed E-state index contributed by atoms with van der Waals surface area (Å²) in [4.78, 5) is 3.21. The summed E-state index contributed by atoms with van der Waals surface area (Å²) in [6, 6.07) is 8.58. The van der Waals surface area contributed by atoms with Gasteiger partial charge in [-0.15, -0.1) is 0 Å². The molecular weight excluding hydrogens is 170 g/mol. The van der Waals surface area contributed by atoms with Gasteiger partial charge in [0.2, 0.25) is 0 Å². The quantitative estimate of drug-likeness (QED) is 0.698. The monoisotopic (exact) mass is 185 g/mol. The molecule has 0 aliphatic heterocycles. The van der Waals surface area contributed by atoms with E-state index in [1.165, 1.54) is 27.9 Å². The highest BCUT2D eigenvalue weighted by Crippen LogP contribution is 2.27. The Bertz CT molecular complexity index is 452. The van der Waals surface area contributed by atoms with Crippen molar-refractivity contribution in [1.29, 1.82) is 0 Å². The summed E-state index contributed by atoms with van der Waals surface area (Å²) in [5.41, 5.74) is 6.60. The lowest BCUT2D eigenvalue weighted by atomic mass is 9.97. The second-order valence-corrected chi connectivity index (χ2v) is 3.76. The number of rotatable bonds is 1. The topological polar surface area (TPSA) is 15.8 Å². The molecule has 0 fully saturated rings. The van der Waals surface area contributed by atoms with E-state index >= 15 is 0 Å². The van der Waals surface area contributed by atoms with Crippen LogP contribution >= 0.6 is 0 Å². The molecule has 0 aliphatic carbocycles. The highest BCUT2D eigenvalue weighted by molar-refractivity contribution is 5.70. The zero-order valence-electron chi connectivity index (χ0n) is 8.89. The summed E-state index contributed by atoms with van der Waals surface area (Å²) in [5.74, 6) is 0. The fourth-order valence-corrected chi connectivity index (χ4v) is 1.79. The summed E-state index contributed by atoms with van der Waals surface area (Å²) in [5, 5.41) is 0. The number of benzene rings is 1. The van der Waals surface area contributed by atoms with Crippen LogP contribution in [-0.4, -0.2) is 4.98 Å². The van der Waals surface area contributed by atoms with Crippen molar-refractivity contribution in [2.24, 2.45) is 0 Å². The van der Waals surface area contributed by atoms with E-state index in [1.54, 1.807) is 0 Å². The lowest BCUT2D eigenvalue weighted by Gasteiger charge is -2.07. The predicted molar refractivity (Wildman–Crippen MR) is 60.4 cm³/mol. The summed E-state index contributed by atoms with van der Waals surface area (Å²) in [6.07, 6.45) is 1.99. The second-order valence-electron chi connectivity index (χ2n) is 3.76. The van der Waals surface area contributed by atoms with Gasteiger partial charge in [0.1, 0.15) is 0 Å². The van der Waals surface area contributed by atoms with Gasteiger partial charge in [-0.1, -0.05) is 18.2 Å². The summed E-state index contributed by atoms with van der Waals surface area (Å²) in [6.45, 7) is 6.44. The van der Waals surface area contributed by atoms with Gasteiger partial charge in [0.15, 0.2) is 0 Å². The van der Waals surface area contributed by atoms with Crippen molar-refractivity contribution in [3.8, 4) is 11.1 Å². The first kappa shape index (κ1) is 9.07. The van der Waals surface area contributed by atoms with Crippen LogP contribution in [0, 0.1) is 20.8 Å². The fraction of sp³-hybridized carbons (Fsp3) is 0.231. The van der Waals surface area contributed by atoms with Crippen LogP contribution in [0.2, 0.25) is 0 Å². The molecule has 0 unspecified atom stereocenters. The number of aryl methyl sites for hydroxylation is 2. The fourth-order valence-electron chi connectivity index (χ4n) is 1.79. The minimum absolute atomic E-state index is 1.23. The van der Waals surface area contributed by atoms with E-state index < -0.39 is 0 Å². The van der Waals surface area contributed by atoms with Crippen LogP contribution in [0.5, 0.6) is 0 Å². The molecule has 14 heavy (non-hydrogen) atoms. The van der Waals surface area contributed by atoms with Crippen LogP contribution in [0.1, 0.15) is 16.8 Å². The normalized spacial score (nSPS) is 10.5. The molecule has 1 heterocycles. The van der Waals surface area contributed by atoms with Crippen LogP contribution < -0.4 is 0 Å². The van der Waals surface area contributed by atoms with Crippen molar-refractivity contribution in [3.63, 3.8) is 0 Å². The van der Waals surface area contributed by atoms with Crippen LogP contribution in [-0.2, 0) is 0 Å². The van der Waals surface area contributed by atoms with Crippen molar-refractivity contribution in [2.75, 3.05) is 0 Å². The van der Waals surface area contributed by atoms with E-state index in [4.69, 9.17) is 0 Å². The van der Waals surface area contributed by atoms with E-state index in [1.807, 2.05) is 6.20 Å². The first-order chi connectivity index (χ1) is 6.70. The Morgan fingerprint density at radius 2 is 1.71 bits per heavy atom. The average molecular weight is 185 g/mol. The number of hydrogen-bond acceptors (Lipinski definition) is 0. The minimum Gasteiger partial charge on any atom is -0.365 e. The Balaban J connectivity index is 2.63. The van der Waals surface area contributed by atoms with E-state index in [-0.39, 0.29) is 0 Å². The van der Waals surface area contributed by atoms with Gasteiger partial charge in [-0.2, -0.15) is 0 Å². The van der Waals surface area contributed by atoms with Gasteiger partial charge >= 0.3 is 0 Å². The first-order valence-electron chi connectivity index (χ1n) is 4.90. The Labute approximate surface area is 84.8 Å². The summed E-state index contributed by atoms with van der Waals surface area (Å²) < 4.78 is 0. The van der Waals surface area contributed by atoms with E-state index in [2.05, 4.69) is 50.0 Å². The Hall–Kier alpha value is -1.50. The molecule has 2 aromatic rings. The molecule has 0 radical (unpaired) electrons. The molecule has 1 N–H and O–H groups in total. The largest absolute Gasteiger partial charge is 0.365 e. The van der Waals surface area contributed by atoms with Gasteiger partial charge in [-0.05, 0) is 43.5 Å². The van der Waals surface area contributed by atoms with Crippen LogP contribution in [0.25, 0.3) is 11.1 Å². The van der Waals surface area contributed by atoms with Gasteiger partial charge in [-0.25, -0.2) is 0 Å². The third kappa shape index (κ3) is 1.35. The number of aromatic amines is 1. The molecule has 2 rings (SSSR count). The lowest BCUT2D eigenvalue weighted by Crippen LogP contribution is -1.87. The van der Waals surface area contributed by atoms with E-state index in [0.29, 0.717) is 0 Å². The zero-order chi connectivity index (χ0) is 10.1. The SMILES string of the molecule is Cc1cccc(-c2cc[nH]c2C)c1C. The molecule has 0 aliphatic rings. The molecule has 0 saturated carbocycles. The first-order valence-corrected chi connectivity index (χ1v) is 4.90. The molecule has 0 spiro atoms. The smallest absolute Gasteiger partial charge is 0.0195 e. The van der Waals surface area contributed by atoms with Gasteiger partial charge in [0, 0.05) is 17.5 Å². The molecule has 72 valence electrons. The minimum atomic E-state index is 1.23. The molecule has 0 amide bonds. The number of H-pyrrole nitrogens is 1. The molecule has 1 heteroatoms. The third-order valence-electron chi connectivity index (χ3n) is 2.85. The second kappa shape index (κ2) is 3.33. The van der Waals surface area contributed by atoms with Gasteiger partial charge in [0.25, 0.3) is 0 Å². The Morgan fingerprint density at radius 3 is 2.36 bits per heavy atom. The molecule has 1 aromatic heterocycles. The molecule has 1 nitrogen and oxygen atoms in total. The standard InChI is InChI=1S/C13H15N/c1-9-5-4-6-12(10(9)2)13-7-8-14-11(13)3/h4-8,14H,1-3H3. The Morgan fingerprint density at radius 1 is 0.929 bits per heavy atom. The molecular formula is C13H15N. The number of nitrogens with one attached hydrogen (secondary N) is 1. The molecule has 1 aromatic carbocycles. The van der Waals surface area contributed by atoms with Crippen LogP contribution in [0.15, 0.2) is 30.5 Å². The Kier molecular flexibility index (Phi) is 2.16. The van der Waals surface area contributed by atoms with Crippen molar-refractivity contribution in [2.45, 2.75) is 20.8 Å². The maximum Gasteiger partial charge on any atom is 0.0195 e. The van der Waals surface area contributed by atoms with E-state index in [9.17, 15) is 0 Å². The summed E-state index contributed by atoms with van der Waals surface area (Å²) in [7, 11) is 0.